The molecular formula is C24H30N6O2S2. The molecular weight excluding hydrogens is 468 g/mol. The van der Waals surface area contributed by atoms with Gasteiger partial charge in [0.15, 0.2) is 0 Å². The molecule has 0 aliphatic carbocycles. The first kappa shape index (κ1) is 26.0. The topological polar surface area (TPSA) is 93.7 Å². The van der Waals surface area contributed by atoms with Gasteiger partial charge in [0.1, 0.15) is 16.9 Å². The minimum atomic E-state index is -3.24. The van der Waals surface area contributed by atoms with Crippen molar-refractivity contribution in [2.24, 2.45) is 0 Å². The summed E-state index contributed by atoms with van der Waals surface area (Å²) in [5.74, 6) is 1.30. The Kier molecular flexibility index (Phi) is 8.92. The maximum Gasteiger partial charge on any atom is 0.232 e. The molecule has 0 spiro atoms. The highest BCUT2D eigenvalue weighted by molar-refractivity contribution is 7.98. The van der Waals surface area contributed by atoms with E-state index in [1.165, 1.54) is 11.8 Å². The van der Waals surface area contributed by atoms with Crippen molar-refractivity contribution in [2.75, 3.05) is 44.4 Å². The van der Waals surface area contributed by atoms with E-state index in [2.05, 4.69) is 32.5 Å². The van der Waals surface area contributed by atoms with E-state index >= 15 is 0 Å². The van der Waals surface area contributed by atoms with Crippen LogP contribution in [0.2, 0.25) is 0 Å². The minimum Gasteiger partial charge on any atom is -0.364 e. The SMILES string of the molecule is [C-]#[N+]c1c(N2CCCN(C)CC2)nc(SCc2ccc(CNS(C)(=O)=O)cc2)c(C#N)c1CC. The first-order chi connectivity index (χ1) is 16.3. The zero-order valence-corrected chi connectivity index (χ0v) is 21.5. The maximum absolute atomic E-state index is 11.3. The van der Waals surface area contributed by atoms with Gasteiger partial charge >= 0.3 is 0 Å². The van der Waals surface area contributed by atoms with E-state index in [-0.39, 0.29) is 6.54 Å². The molecule has 8 nitrogen and oxygen atoms in total. The van der Waals surface area contributed by atoms with Crippen LogP contribution in [0.15, 0.2) is 29.3 Å². The quantitative estimate of drug-likeness (QED) is 0.439. The molecule has 1 aromatic carbocycles. The lowest BCUT2D eigenvalue weighted by Gasteiger charge is -2.25. The number of benzene rings is 1. The predicted octanol–water partition coefficient (Wildman–Crippen LogP) is 3.55. The molecule has 1 aliphatic heterocycles. The summed E-state index contributed by atoms with van der Waals surface area (Å²) in [6.45, 7) is 13.6. The molecule has 0 unspecified atom stereocenters. The van der Waals surface area contributed by atoms with E-state index in [0.717, 1.165) is 55.5 Å². The summed E-state index contributed by atoms with van der Waals surface area (Å²) in [6, 6.07) is 10.00. The van der Waals surface area contributed by atoms with E-state index < -0.39 is 10.0 Å². The number of pyridine rings is 1. The summed E-state index contributed by atoms with van der Waals surface area (Å²) >= 11 is 1.50. The van der Waals surface area contributed by atoms with Crippen molar-refractivity contribution in [3.63, 3.8) is 0 Å². The van der Waals surface area contributed by atoms with Crippen molar-refractivity contribution in [1.29, 1.82) is 5.26 Å². The van der Waals surface area contributed by atoms with Crippen molar-refractivity contribution in [3.05, 3.63) is 57.9 Å². The number of hydrogen-bond donors (Lipinski definition) is 1. The van der Waals surface area contributed by atoms with Crippen molar-refractivity contribution in [2.45, 2.75) is 37.1 Å². The van der Waals surface area contributed by atoms with Gasteiger partial charge in [-0.25, -0.2) is 23.0 Å². The summed E-state index contributed by atoms with van der Waals surface area (Å²) in [7, 11) is -1.13. The summed E-state index contributed by atoms with van der Waals surface area (Å²) in [5.41, 5.74) is 3.67. The Morgan fingerprint density at radius 1 is 1.21 bits per heavy atom. The Bertz CT molecular complexity index is 1200. The number of rotatable bonds is 8. The molecule has 34 heavy (non-hydrogen) atoms. The Morgan fingerprint density at radius 3 is 2.53 bits per heavy atom. The molecule has 1 saturated heterocycles. The number of thioether (sulfide) groups is 1. The van der Waals surface area contributed by atoms with Gasteiger partial charge in [0.05, 0.1) is 18.4 Å². The number of likely N-dealkylation sites (N-methyl/N-ethyl adjacent to an activating group) is 1. The second kappa shape index (κ2) is 11.7. The average Bonchev–Trinajstić information content (AvgIpc) is 3.04. The van der Waals surface area contributed by atoms with Crippen LogP contribution in [0, 0.1) is 17.9 Å². The average molecular weight is 499 g/mol. The Balaban J connectivity index is 1.86. The van der Waals surface area contributed by atoms with Crippen LogP contribution in [-0.2, 0) is 28.7 Å². The third kappa shape index (κ3) is 6.71. The monoisotopic (exact) mass is 498 g/mol. The molecule has 0 radical (unpaired) electrons. The van der Waals surface area contributed by atoms with Crippen LogP contribution in [0.1, 0.15) is 35.6 Å². The lowest BCUT2D eigenvalue weighted by Crippen LogP contribution is -2.29. The molecule has 10 heteroatoms. The number of hydrogen-bond acceptors (Lipinski definition) is 7. The number of nitrogens with zero attached hydrogens (tertiary/aromatic N) is 5. The summed E-state index contributed by atoms with van der Waals surface area (Å²) in [4.78, 5) is 13.1. The first-order valence-corrected chi connectivity index (χ1v) is 14.1. The first-order valence-electron chi connectivity index (χ1n) is 11.2. The van der Waals surface area contributed by atoms with Crippen molar-refractivity contribution >= 4 is 33.3 Å². The molecule has 1 aromatic heterocycles. The van der Waals surface area contributed by atoms with Crippen LogP contribution in [0.4, 0.5) is 11.5 Å². The van der Waals surface area contributed by atoms with Gasteiger partial charge in [-0.2, -0.15) is 5.26 Å². The van der Waals surface area contributed by atoms with E-state index in [1.54, 1.807) is 0 Å². The third-order valence-electron chi connectivity index (χ3n) is 5.75. The standard InChI is InChI=1S/C24H30N6O2S2/c1-5-20-21(15-25)24(28-23(22(20)26-2)30-12-6-11-29(3)13-14-30)33-17-19-9-7-18(8-10-19)16-27-34(4,31)32/h7-10,27H,5-6,11-14,16-17H2,1,3-4H3. The van der Waals surface area contributed by atoms with Crippen molar-refractivity contribution in [1.82, 2.24) is 14.6 Å². The highest BCUT2D eigenvalue weighted by Gasteiger charge is 2.24. The highest BCUT2D eigenvalue weighted by Crippen LogP contribution is 2.39. The molecule has 1 fully saturated rings. The van der Waals surface area contributed by atoms with E-state index in [1.807, 2.05) is 31.2 Å². The molecule has 1 aliphatic rings. The Hall–Kier alpha value is -2.63. The van der Waals surface area contributed by atoms with Gasteiger partial charge in [0.2, 0.25) is 15.7 Å². The molecule has 2 heterocycles. The van der Waals surface area contributed by atoms with Gasteiger partial charge in [0.25, 0.3) is 0 Å². The van der Waals surface area contributed by atoms with Gasteiger partial charge < -0.3 is 9.80 Å². The molecule has 2 aromatic rings. The van der Waals surface area contributed by atoms with Crippen LogP contribution in [-0.4, -0.2) is 57.8 Å². The second-order valence-corrected chi connectivity index (χ2v) is 11.2. The predicted molar refractivity (Wildman–Crippen MR) is 137 cm³/mol. The zero-order chi connectivity index (χ0) is 24.7. The number of anilines is 1. The smallest absolute Gasteiger partial charge is 0.232 e. The van der Waals surface area contributed by atoms with E-state index in [4.69, 9.17) is 11.6 Å². The molecule has 3 rings (SSSR count). The second-order valence-electron chi connectivity index (χ2n) is 8.36. The Labute approximate surface area is 206 Å². The van der Waals surface area contributed by atoms with E-state index in [9.17, 15) is 13.7 Å². The Morgan fingerprint density at radius 2 is 1.91 bits per heavy atom. The van der Waals surface area contributed by atoms with Crippen LogP contribution < -0.4 is 9.62 Å². The van der Waals surface area contributed by atoms with Gasteiger partial charge in [0, 0.05) is 31.9 Å². The fraction of sp³-hybridized carbons (Fsp3) is 0.458. The minimum absolute atomic E-state index is 0.249. The van der Waals surface area contributed by atoms with Crippen molar-refractivity contribution in [3.8, 4) is 6.07 Å². The van der Waals surface area contributed by atoms with Gasteiger partial charge in [-0.1, -0.05) is 31.2 Å². The fourth-order valence-corrected chi connectivity index (χ4v) is 5.26. The lowest BCUT2D eigenvalue weighted by atomic mass is 10.1. The van der Waals surface area contributed by atoms with Gasteiger partial charge in [-0.3, -0.25) is 0 Å². The summed E-state index contributed by atoms with van der Waals surface area (Å²) in [5, 5.41) is 10.6. The van der Waals surface area contributed by atoms with Crippen LogP contribution in [0.25, 0.3) is 4.85 Å². The third-order valence-corrected chi connectivity index (χ3v) is 7.47. The molecule has 0 amide bonds. The lowest BCUT2D eigenvalue weighted by molar-refractivity contribution is 0.360. The zero-order valence-electron chi connectivity index (χ0n) is 19.8. The number of sulfonamides is 1. The van der Waals surface area contributed by atoms with Crippen molar-refractivity contribution < 1.29 is 8.42 Å². The number of nitriles is 1. The van der Waals surface area contributed by atoms with Crippen LogP contribution in [0.5, 0.6) is 0 Å². The van der Waals surface area contributed by atoms with E-state index in [0.29, 0.717) is 34.3 Å². The maximum atomic E-state index is 11.3. The summed E-state index contributed by atoms with van der Waals surface area (Å²) < 4.78 is 25.1. The molecule has 1 N–H and O–H groups in total. The number of nitrogens with one attached hydrogen (secondary N) is 1. The normalized spacial score (nSPS) is 14.9. The number of aromatic nitrogens is 1. The molecule has 0 atom stereocenters. The van der Waals surface area contributed by atoms with Gasteiger partial charge in [-0.05, 0) is 43.1 Å². The summed E-state index contributed by atoms with van der Waals surface area (Å²) in [6.07, 6.45) is 2.74. The highest BCUT2D eigenvalue weighted by atomic mass is 32.2. The fourth-order valence-electron chi connectivity index (χ4n) is 3.87. The van der Waals surface area contributed by atoms with Crippen LogP contribution >= 0.6 is 11.8 Å². The van der Waals surface area contributed by atoms with Crippen LogP contribution in [0.3, 0.4) is 0 Å². The molecule has 180 valence electrons. The largest absolute Gasteiger partial charge is 0.364 e. The molecule has 0 bridgehead atoms. The van der Waals surface area contributed by atoms with Gasteiger partial charge in [-0.15, -0.1) is 11.8 Å². The molecule has 0 saturated carbocycles.